The summed E-state index contributed by atoms with van der Waals surface area (Å²) in [5.74, 6) is 0.241. The fraction of sp³-hybridized carbons (Fsp3) is 0.217. The van der Waals surface area contributed by atoms with E-state index in [0.717, 1.165) is 24.0 Å². The van der Waals surface area contributed by atoms with Gasteiger partial charge in [-0.2, -0.15) is 0 Å². The lowest BCUT2D eigenvalue weighted by Gasteiger charge is -2.32. The van der Waals surface area contributed by atoms with E-state index in [0.29, 0.717) is 24.4 Å². The first-order valence-electron chi connectivity index (χ1n) is 9.63. The number of furan rings is 1. The van der Waals surface area contributed by atoms with Crippen molar-refractivity contribution in [1.29, 1.82) is 0 Å². The van der Waals surface area contributed by atoms with E-state index in [9.17, 15) is 14.7 Å². The molecule has 6 heteroatoms. The summed E-state index contributed by atoms with van der Waals surface area (Å²) in [6.07, 6.45) is 3.15. The molecule has 2 aromatic carbocycles. The standard InChI is InChI=1S/C23H22N2O4/c26-20-11-9-17(10-12-20)16-5-7-18(8-6-16)22(27)24-19-3-1-13-25(15-19)23(28)21-4-2-14-29-21/h2,4-12,14,19,26H,1,3,13,15H2,(H,24,27). The zero-order valence-corrected chi connectivity index (χ0v) is 15.9. The molecule has 2 heterocycles. The number of nitrogens with zero attached hydrogens (tertiary/aromatic N) is 1. The van der Waals surface area contributed by atoms with Crippen molar-refractivity contribution >= 4 is 11.8 Å². The average Bonchev–Trinajstić information content (AvgIpc) is 3.29. The Kier molecular flexibility index (Phi) is 5.33. The summed E-state index contributed by atoms with van der Waals surface area (Å²) in [5, 5.41) is 12.4. The fourth-order valence-corrected chi connectivity index (χ4v) is 3.57. The number of hydrogen-bond acceptors (Lipinski definition) is 4. The highest BCUT2D eigenvalue weighted by molar-refractivity contribution is 5.95. The molecule has 148 valence electrons. The third-order valence-corrected chi connectivity index (χ3v) is 5.12. The molecule has 0 radical (unpaired) electrons. The number of phenolic OH excluding ortho intramolecular Hbond substituents is 1. The topological polar surface area (TPSA) is 82.8 Å². The van der Waals surface area contributed by atoms with Gasteiger partial charge in [-0.05, 0) is 60.4 Å². The Labute approximate surface area is 168 Å². The lowest BCUT2D eigenvalue weighted by Crippen LogP contribution is -2.49. The maximum Gasteiger partial charge on any atom is 0.289 e. The number of benzene rings is 2. The van der Waals surface area contributed by atoms with Crippen LogP contribution in [0.25, 0.3) is 11.1 Å². The first-order chi connectivity index (χ1) is 14.1. The largest absolute Gasteiger partial charge is 0.508 e. The molecule has 1 fully saturated rings. The quantitative estimate of drug-likeness (QED) is 0.712. The number of hydrogen-bond donors (Lipinski definition) is 2. The zero-order chi connectivity index (χ0) is 20.2. The van der Waals surface area contributed by atoms with Gasteiger partial charge in [-0.15, -0.1) is 0 Å². The fourth-order valence-electron chi connectivity index (χ4n) is 3.57. The molecular formula is C23H22N2O4. The van der Waals surface area contributed by atoms with E-state index in [1.165, 1.54) is 6.26 Å². The lowest BCUT2D eigenvalue weighted by molar-refractivity contribution is 0.0647. The molecule has 4 rings (SSSR count). The van der Waals surface area contributed by atoms with Gasteiger partial charge in [0.25, 0.3) is 11.8 Å². The third kappa shape index (κ3) is 4.32. The Morgan fingerprint density at radius 3 is 2.34 bits per heavy atom. The number of nitrogens with one attached hydrogen (secondary N) is 1. The first kappa shape index (κ1) is 18.8. The zero-order valence-electron chi connectivity index (χ0n) is 15.9. The van der Waals surface area contributed by atoms with Crippen molar-refractivity contribution in [1.82, 2.24) is 10.2 Å². The van der Waals surface area contributed by atoms with Crippen molar-refractivity contribution in [3.63, 3.8) is 0 Å². The molecule has 29 heavy (non-hydrogen) atoms. The summed E-state index contributed by atoms with van der Waals surface area (Å²) >= 11 is 0. The van der Waals surface area contributed by atoms with E-state index in [-0.39, 0.29) is 23.6 Å². The van der Waals surface area contributed by atoms with E-state index in [1.54, 1.807) is 41.3 Å². The summed E-state index contributed by atoms with van der Waals surface area (Å²) < 4.78 is 5.20. The molecule has 0 bridgehead atoms. The molecule has 6 nitrogen and oxygen atoms in total. The molecule has 2 amide bonds. The molecular weight excluding hydrogens is 368 g/mol. The molecule has 0 spiro atoms. The van der Waals surface area contributed by atoms with Crippen molar-refractivity contribution in [2.24, 2.45) is 0 Å². The summed E-state index contributed by atoms with van der Waals surface area (Å²) in [6, 6.07) is 17.5. The van der Waals surface area contributed by atoms with Gasteiger partial charge in [0.1, 0.15) is 5.75 Å². The number of aromatic hydroxyl groups is 1. The van der Waals surface area contributed by atoms with Crippen molar-refractivity contribution in [2.75, 3.05) is 13.1 Å². The molecule has 0 saturated carbocycles. The number of likely N-dealkylation sites (tertiary alicyclic amines) is 1. The molecule has 1 aliphatic heterocycles. The molecule has 1 atom stereocenters. The second kappa shape index (κ2) is 8.22. The van der Waals surface area contributed by atoms with E-state index in [1.807, 2.05) is 24.3 Å². The number of piperidine rings is 1. The van der Waals surface area contributed by atoms with Crippen LogP contribution in [0.4, 0.5) is 0 Å². The van der Waals surface area contributed by atoms with Crippen LogP contribution in [0.2, 0.25) is 0 Å². The molecule has 1 aliphatic rings. The monoisotopic (exact) mass is 390 g/mol. The van der Waals surface area contributed by atoms with Gasteiger partial charge in [0, 0.05) is 24.7 Å². The van der Waals surface area contributed by atoms with Gasteiger partial charge >= 0.3 is 0 Å². The van der Waals surface area contributed by atoms with Crippen LogP contribution in [0.1, 0.15) is 33.8 Å². The summed E-state index contributed by atoms with van der Waals surface area (Å²) in [6.45, 7) is 1.13. The maximum absolute atomic E-state index is 12.6. The van der Waals surface area contributed by atoms with Crippen molar-refractivity contribution < 1.29 is 19.1 Å². The first-order valence-corrected chi connectivity index (χ1v) is 9.63. The third-order valence-electron chi connectivity index (χ3n) is 5.12. The van der Waals surface area contributed by atoms with Gasteiger partial charge in [-0.1, -0.05) is 24.3 Å². The number of rotatable bonds is 4. The van der Waals surface area contributed by atoms with Crippen LogP contribution in [0.3, 0.4) is 0 Å². The maximum atomic E-state index is 12.6. The van der Waals surface area contributed by atoms with Crippen molar-refractivity contribution in [3.05, 3.63) is 78.3 Å². The summed E-state index contributed by atoms with van der Waals surface area (Å²) in [4.78, 5) is 26.8. The van der Waals surface area contributed by atoms with Crippen LogP contribution in [-0.4, -0.2) is 41.0 Å². The van der Waals surface area contributed by atoms with Gasteiger partial charge in [0.15, 0.2) is 5.76 Å². The molecule has 1 aromatic heterocycles. The van der Waals surface area contributed by atoms with E-state index >= 15 is 0 Å². The minimum atomic E-state index is -0.153. The second-order valence-electron chi connectivity index (χ2n) is 7.17. The summed E-state index contributed by atoms with van der Waals surface area (Å²) in [5.41, 5.74) is 2.51. The van der Waals surface area contributed by atoms with Crippen molar-refractivity contribution in [2.45, 2.75) is 18.9 Å². The number of carbonyl (C=O) groups is 2. The highest BCUT2D eigenvalue weighted by Crippen LogP contribution is 2.22. The minimum Gasteiger partial charge on any atom is -0.508 e. The Morgan fingerprint density at radius 1 is 1.00 bits per heavy atom. The molecule has 1 unspecified atom stereocenters. The summed E-state index contributed by atoms with van der Waals surface area (Å²) in [7, 11) is 0. The van der Waals surface area contributed by atoms with E-state index in [4.69, 9.17) is 4.42 Å². The van der Waals surface area contributed by atoms with E-state index < -0.39 is 0 Å². The van der Waals surface area contributed by atoms with Crippen LogP contribution in [0, 0.1) is 0 Å². The molecule has 3 aromatic rings. The Hall–Kier alpha value is -3.54. The van der Waals surface area contributed by atoms with E-state index in [2.05, 4.69) is 5.32 Å². The normalized spacial score (nSPS) is 16.4. The van der Waals surface area contributed by atoms with Gasteiger partial charge in [0.2, 0.25) is 0 Å². The molecule has 2 N–H and O–H groups in total. The average molecular weight is 390 g/mol. The van der Waals surface area contributed by atoms with Crippen LogP contribution < -0.4 is 5.32 Å². The van der Waals surface area contributed by atoms with Gasteiger partial charge < -0.3 is 19.7 Å². The Morgan fingerprint density at radius 2 is 1.69 bits per heavy atom. The van der Waals surface area contributed by atoms with Crippen LogP contribution >= 0.6 is 0 Å². The number of carbonyl (C=O) groups excluding carboxylic acids is 2. The number of phenols is 1. The van der Waals surface area contributed by atoms with Gasteiger partial charge in [0.05, 0.1) is 6.26 Å². The molecule has 0 aliphatic carbocycles. The number of amides is 2. The molecule has 1 saturated heterocycles. The second-order valence-corrected chi connectivity index (χ2v) is 7.17. The lowest BCUT2D eigenvalue weighted by atomic mass is 10.0. The van der Waals surface area contributed by atoms with Crippen LogP contribution in [-0.2, 0) is 0 Å². The van der Waals surface area contributed by atoms with Crippen molar-refractivity contribution in [3.8, 4) is 16.9 Å². The highest BCUT2D eigenvalue weighted by atomic mass is 16.3. The van der Waals surface area contributed by atoms with Gasteiger partial charge in [-0.25, -0.2) is 0 Å². The minimum absolute atomic E-state index is 0.0908. The predicted octanol–water partition coefficient (Wildman–Crippen LogP) is 3.69. The Bertz CT molecular complexity index is 979. The van der Waals surface area contributed by atoms with Gasteiger partial charge in [-0.3, -0.25) is 9.59 Å². The predicted molar refractivity (Wildman–Crippen MR) is 109 cm³/mol. The highest BCUT2D eigenvalue weighted by Gasteiger charge is 2.27. The Balaban J connectivity index is 1.38. The SMILES string of the molecule is O=C(NC1CCCN(C(=O)c2ccco2)C1)c1ccc(-c2ccc(O)cc2)cc1. The smallest absolute Gasteiger partial charge is 0.289 e. The van der Waals surface area contributed by atoms with Crippen LogP contribution in [0.5, 0.6) is 5.75 Å². The van der Waals surface area contributed by atoms with Crippen LogP contribution in [0.15, 0.2) is 71.3 Å².